The molecular formula is C15H16FNO. The van der Waals surface area contributed by atoms with Crippen LogP contribution >= 0.6 is 0 Å². The minimum absolute atomic E-state index is 0.184. The quantitative estimate of drug-likeness (QED) is 0.895. The fourth-order valence-corrected chi connectivity index (χ4v) is 1.74. The number of benzene rings is 2. The highest BCUT2D eigenvalue weighted by molar-refractivity contribution is 5.36. The molecule has 0 spiro atoms. The van der Waals surface area contributed by atoms with E-state index in [9.17, 15) is 4.39 Å². The van der Waals surface area contributed by atoms with Crippen molar-refractivity contribution in [3.63, 3.8) is 0 Å². The topological polar surface area (TPSA) is 35.2 Å². The Labute approximate surface area is 106 Å². The van der Waals surface area contributed by atoms with Crippen molar-refractivity contribution >= 4 is 0 Å². The molecule has 2 rings (SSSR count). The van der Waals surface area contributed by atoms with E-state index in [1.807, 2.05) is 37.3 Å². The van der Waals surface area contributed by atoms with Crippen molar-refractivity contribution in [2.75, 3.05) is 0 Å². The van der Waals surface area contributed by atoms with Crippen molar-refractivity contribution in [3.8, 4) is 5.75 Å². The van der Waals surface area contributed by atoms with Gasteiger partial charge < -0.3 is 10.5 Å². The van der Waals surface area contributed by atoms with Gasteiger partial charge in [-0.2, -0.15) is 0 Å². The molecule has 0 unspecified atom stereocenters. The van der Waals surface area contributed by atoms with Crippen LogP contribution in [0.2, 0.25) is 0 Å². The summed E-state index contributed by atoms with van der Waals surface area (Å²) in [6.07, 6.45) is 0. The van der Waals surface area contributed by atoms with Gasteiger partial charge in [-0.25, -0.2) is 4.39 Å². The van der Waals surface area contributed by atoms with E-state index in [1.165, 1.54) is 12.1 Å². The second-order valence-corrected chi connectivity index (χ2v) is 4.25. The largest absolute Gasteiger partial charge is 0.488 e. The summed E-state index contributed by atoms with van der Waals surface area (Å²) < 4.78 is 18.9. The number of hydrogen-bond donors (Lipinski definition) is 1. The van der Waals surface area contributed by atoms with E-state index in [2.05, 4.69) is 0 Å². The lowest BCUT2D eigenvalue weighted by atomic mass is 10.1. The van der Waals surface area contributed by atoms with Crippen LogP contribution in [0.25, 0.3) is 0 Å². The summed E-state index contributed by atoms with van der Waals surface area (Å²) in [6.45, 7) is 2.26. The first-order valence-corrected chi connectivity index (χ1v) is 5.88. The fourth-order valence-electron chi connectivity index (χ4n) is 1.74. The summed E-state index contributed by atoms with van der Waals surface area (Å²) in [6, 6.07) is 14.0. The van der Waals surface area contributed by atoms with Crippen LogP contribution < -0.4 is 10.5 Å². The van der Waals surface area contributed by atoms with Crippen molar-refractivity contribution in [2.45, 2.75) is 19.6 Å². The van der Waals surface area contributed by atoms with Gasteiger partial charge in [0.1, 0.15) is 18.2 Å². The highest BCUT2D eigenvalue weighted by Crippen LogP contribution is 2.25. The lowest BCUT2D eigenvalue weighted by Gasteiger charge is -2.14. The first kappa shape index (κ1) is 12.6. The smallest absolute Gasteiger partial charge is 0.127 e. The van der Waals surface area contributed by atoms with Crippen LogP contribution in [0.4, 0.5) is 4.39 Å². The SMILES string of the molecule is C[C@H](N)c1ccc(F)cc1OCc1ccccc1. The Kier molecular flexibility index (Phi) is 3.95. The average molecular weight is 245 g/mol. The summed E-state index contributed by atoms with van der Waals surface area (Å²) in [5.41, 5.74) is 7.68. The third-order valence-electron chi connectivity index (χ3n) is 2.70. The summed E-state index contributed by atoms with van der Waals surface area (Å²) in [5.74, 6) is 0.191. The molecule has 3 heteroatoms. The van der Waals surface area contributed by atoms with Gasteiger partial charge >= 0.3 is 0 Å². The molecule has 2 aromatic rings. The monoisotopic (exact) mass is 245 g/mol. The van der Waals surface area contributed by atoms with E-state index in [1.54, 1.807) is 6.07 Å². The Morgan fingerprint density at radius 3 is 2.56 bits per heavy atom. The molecule has 0 heterocycles. The van der Waals surface area contributed by atoms with Crippen molar-refractivity contribution in [2.24, 2.45) is 5.73 Å². The van der Waals surface area contributed by atoms with Crippen LogP contribution in [0.1, 0.15) is 24.1 Å². The lowest BCUT2D eigenvalue weighted by molar-refractivity contribution is 0.300. The predicted octanol–water partition coefficient (Wildman–Crippen LogP) is 3.42. The van der Waals surface area contributed by atoms with Crippen LogP contribution in [-0.4, -0.2) is 0 Å². The van der Waals surface area contributed by atoms with Gasteiger partial charge in [-0.15, -0.1) is 0 Å². The highest BCUT2D eigenvalue weighted by atomic mass is 19.1. The molecule has 0 aliphatic rings. The van der Waals surface area contributed by atoms with E-state index < -0.39 is 0 Å². The molecule has 0 aliphatic heterocycles. The highest BCUT2D eigenvalue weighted by Gasteiger charge is 2.09. The van der Waals surface area contributed by atoms with Crippen LogP contribution in [0.5, 0.6) is 5.75 Å². The Hall–Kier alpha value is -1.87. The first-order chi connectivity index (χ1) is 8.66. The Bertz CT molecular complexity index is 511. The maximum atomic E-state index is 13.2. The lowest BCUT2D eigenvalue weighted by Crippen LogP contribution is -2.08. The molecule has 0 fully saturated rings. The average Bonchev–Trinajstić information content (AvgIpc) is 2.37. The second-order valence-electron chi connectivity index (χ2n) is 4.25. The zero-order valence-electron chi connectivity index (χ0n) is 10.3. The maximum Gasteiger partial charge on any atom is 0.127 e. The van der Waals surface area contributed by atoms with Gasteiger partial charge in [0.2, 0.25) is 0 Å². The number of ether oxygens (including phenoxy) is 1. The summed E-state index contributed by atoms with van der Waals surface area (Å²) in [4.78, 5) is 0. The van der Waals surface area contributed by atoms with E-state index in [0.29, 0.717) is 12.4 Å². The Morgan fingerprint density at radius 2 is 1.89 bits per heavy atom. The molecule has 0 aliphatic carbocycles. The van der Waals surface area contributed by atoms with Gasteiger partial charge in [-0.1, -0.05) is 36.4 Å². The number of rotatable bonds is 4. The van der Waals surface area contributed by atoms with Gasteiger partial charge in [-0.05, 0) is 18.6 Å². The number of nitrogens with two attached hydrogens (primary N) is 1. The Balaban J connectivity index is 2.15. The van der Waals surface area contributed by atoms with Gasteiger partial charge in [0.05, 0.1) is 0 Å². The maximum absolute atomic E-state index is 13.2. The van der Waals surface area contributed by atoms with Gasteiger partial charge in [0, 0.05) is 17.7 Å². The van der Waals surface area contributed by atoms with Gasteiger partial charge in [0.15, 0.2) is 0 Å². The summed E-state index contributed by atoms with van der Waals surface area (Å²) in [5, 5.41) is 0. The van der Waals surface area contributed by atoms with Crippen molar-refractivity contribution < 1.29 is 9.13 Å². The van der Waals surface area contributed by atoms with E-state index >= 15 is 0 Å². The molecule has 2 nitrogen and oxygen atoms in total. The van der Waals surface area contributed by atoms with Gasteiger partial charge in [0.25, 0.3) is 0 Å². The molecule has 0 radical (unpaired) electrons. The van der Waals surface area contributed by atoms with Crippen LogP contribution in [0.15, 0.2) is 48.5 Å². The van der Waals surface area contributed by atoms with Gasteiger partial charge in [-0.3, -0.25) is 0 Å². The molecule has 0 amide bonds. The van der Waals surface area contributed by atoms with Crippen LogP contribution in [0.3, 0.4) is 0 Å². The molecule has 0 saturated carbocycles. The predicted molar refractivity (Wildman–Crippen MR) is 69.8 cm³/mol. The molecule has 2 N–H and O–H groups in total. The zero-order chi connectivity index (χ0) is 13.0. The molecule has 0 aromatic heterocycles. The Morgan fingerprint density at radius 1 is 1.17 bits per heavy atom. The first-order valence-electron chi connectivity index (χ1n) is 5.88. The van der Waals surface area contributed by atoms with E-state index in [-0.39, 0.29) is 11.9 Å². The third kappa shape index (κ3) is 3.08. The molecule has 0 saturated heterocycles. The number of hydrogen-bond acceptors (Lipinski definition) is 2. The molecule has 2 aromatic carbocycles. The summed E-state index contributed by atoms with van der Waals surface area (Å²) >= 11 is 0. The summed E-state index contributed by atoms with van der Waals surface area (Å²) in [7, 11) is 0. The third-order valence-corrected chi connectivity index (χ3v) is 2.70. The molecular weight excluding hydrogens is 229 g/mol. The normalized spacial score (nSPS) is 12.2. The zero-order valence-corrected chi connectivity index (χ0v) is 10.3. The van der Waals surface area contributed by atoms with Crippen LogP contribution in [-0.2, 0) is 6.61 Å². The standard InChI is InChI=1S/C15H16FNO/c1-11(17)14-8-7-13(16)9-15(14)18-10-12-5-3-2-4-6-12/h2-9,11H,10,17H2,1H3/t11-/m0/s1. The molecule has 94 valence electrons. The van der Waals surface area contributed by atoms with E-state index in [0.717, 1.165) is 11.1 Å². The minimum atomic E-state index is -0.317. The van der Waals surface area contributed by atoms with Crippen molar-refractivity contribution in [1.29, 1.82) is 0 Å². The van der Waals surface area contributed by atoms with Crippen LogP contribution in [0, 0.1) is 5.82 Å². The van der Waals surface area contributed by atoms with Crippen molar-refractivity contribution in [3.05, 3.63) is 65.5 Å². The number of halogens is 1. The fraction of sp³-hybridized carbons (Fsp3) is 0.200. The van der Waals surface area contributed by atoms with Crippen molar-refractivity contribution in [1.82, 2.24) is 0 Å². The second kappa shape index (κ2) is 5.65. The minimum Gasteiger partial charge on any atom is -0.488 e. The molecule has 18 heavy (non-hydrogen) atoms. The molecule has 1 atom stereocenters. The van der Waals surface area contributed by atoms with E-state index in [4.69, 9.17) is 10.5 Å². The molecule has 0 bridgehead atoms.